The predicted octanol–water partition coefficient (Wildman–Crippen LogP) is 2.66. The maximum atomic E-state index is 13.5. The van der Waals surface area contributed by atoms with Crippen LogP contribution in [0.25, 0.3) is 0 Å². The van der Waals surface area contributed by atoms with E-state index in [1.807, 2.05) is 0 Å². The van der Waals surface area contributed by atoms with Gasteiger partial charge >= 0.3 is 0 Å². The molecule has 0 atom stereocenters. The van der Waals surface area contributed by atoms with Crippen LogP contribution in [0.15, 0.2) is 41.3 Å². The van der Waals surface area contributed by atoms with Gasteiger partial charge in [-0.1, -0.05) is 0 Å². The van der Waals surface area contributed by atoms with Gasteiger partial charge in [0.1, 0.15) is 17.5 Å². The highest BCUT2D eigenvalue weighted by molar-refractivity contribution is 7.90. The number of halogens is 3. The van der Waals surface area contributed by atoms with Crippen LogP contribution < -0.4 is 5.73 Å². The first-order valence-corrected chi connectivity index (χ1v) is 7.16. The molecule has 0 heterocycles. The normalized spacial score (nSPS) is 11.6. The molecule has 2 aromatic rings. The maximum Gasteiger partial charge on any atom is 0.184 e. The number of benzene rings is 2. The largest absolute Gasteiger partial charge is 0.398 e. The molecule has 2 aromatic carbocycles. The summed E-state index contributed by atoms with van der Waals surface area (Å²) in [6.45, 7) is 0. The number of rotatable bonds is 3. The van der Waals surface area contributed by atoms with Crippen LogP contribution in [0.5, 0.6) is 0 Å². The lowest BCUT2D eigenvalue weighted by molar-refractivity contribution is 0.578. The molecule has 3 nitrogen and oxygen atoms in total. The molecule has 106 valence electrons. The van der Waals surface area contributed by atoms with Gasteiger partial charge in [0.2, 0.25) is 0 Å². The summed E-state index contributed by atoms with van der Waals surface area (Å²) >= 11 is 0. The van der Waals surface area contributed by atoms with Gasteiger partial charge in [0.25, 0.3) is 0 Å². The Balaban J connectivity index is 2.43. The van der Waals surface area contributed by atoms with Gasteiger partial charge in [0.05, 0.1) is 16.3 Å². The molecule has 0 amide bonds. The fourth-order valence-corrected chi connectivity index (χ4v) is 3.22. The molecule has 0 unspecified atom stereocenters. The van der Waals surface area contributed by atoms with Crippen LogP contribution >= 0.6 is 0 Å². The van der Waals surface area contributed by atoms with Gasteiger partial charge in [-0.05, 0) is 36.4 Å². The van der Waals surface area contributed by atoms with E-state index >= 15 is 0 Å². The van der Waals surface area contributed by atoms with E-state index in [9.17, 15) is 21.6 Å². The lowest BCUT2D eigenvalue weighted by Gasteiger charge is -2.08. The molecule has 0 aliphatic rings. The Bertz CT molecular complexity index is 760. The Morgan fingerprint density at radius 2 is 1.55 bits per heavy atom. The van der Waals surface area contributed by atoms with Crippen molar-refractivity contribution in [1.82, 2.24) is 0 Å². The minimum absolute atomic E-state index is 0.276. The number of nitrogen functional groups attached to an aromatic ring is 1. The molecule has 0 saturated heterocycles. The van der Waals surface area contributed by atoms with Gasteiger partial charge < -0.3 is 5.73 Å². The van der Waals surface area contributed by atoms with Crippen LogP contribution in [-0.2, 0) is 15.6 Å². The monoisotopic (exact) mass is 301 g/mol. The van der Waals surface area contributed by atoms with Crippen molar-refractivity contribution >= 4 is 15.5 Å². The van der Waals surface area contributed by atoms with Gasteiger partial charge in [0, 0.05) is 5.56 Å². The van der Waals surface area contributed by atoms with Crippen LogP contribution in [0, 0.1) is 17.5 Å². The Kier molecular flexibility index (Phi) is 3.71. The van der Waals surface area contributed by atoms with Crippen LogP contribution in [0.4, 0.5) is 18.9 Å². The third-order valence-corrected chi connectivity index (χ3v) is 4.39. The van der Waals surface area contributed by atoms with Gasteiger partial charge in [-0.25, -0.2) is 21.6 Å². The average Bonchev–Trinajstić information content (AvgIpc) is 2.33. The summed E-state index contributed by atoms with van der Waals surface area (Å²) in [4.78, 5) is -0.317. The zero-order chi connectivity index (χ0) is 14.9. The molecule has 2 N–H and O–H groups in total. The Morgan fingerprint density at radius 1 is 0.950 bits per heavy atom. The van der Waals surface area contributed by atoms with Crippen molar-refractivity contribution in [3.05, 3.63) is 59.4 Å². The third-order valence-electron chi connectivity index (χ3n) is 2.66. The predicted molar refractivity (Wildman–Crippen MR) is 68.1 cm³/mol. The molecular formula is C13H10F3NO2S. The Morgan fingerprint density at radius 3 is 2.20 bits per heavy atom. The summed E-state index contributed by atoms with van der Waals surface area (Å²) in [7, 11) is -4.00. The first kappa shape index (κ1) is 14.4. The molecule has 0 aliphatic heterocycles. The molecule has 0 spiro atoms. The topological polar surface area (TPSA) is 60.2 Å². The van der Waals surface area contributed by atoms with E-state index < -0.39 is 33.0 Å². The van der Waals surface area contributed by atoms with Crippen molar-refractivity contribution in [3.8, 4) is 0 Å². The number of anilines is 1. The number of hydrogen-bond acceptors (Lipinski definition) is 3. The molecule has 7 heteroatoms. The van der Waals surface area contributed by atoms with E-state index in [1.54, 1.807) is 0 Å². The molecular weight excluding hydrogens is 291 g/mol. The highest BCUT2D eigenvalue weighted by Crippen LogP contribution is 2.24. The minimum atomic E-state index is -4.00. The van der Waals surface area contributed by atoms with E-state index in [0.29, 0.717) is 0 Å². The molecule has 0 fully saturated rings. The maximum absolute atomic E-state index is 13.5. The second kappa shape index (κ2) is 5.16. The molecule has 0 aliphatic carbocycles. The van der Waals surface area contributed by atoms with Crippen molar-refractivity contribution in [3.63, 3.8) is 0 Å². The summed E-state index contributed by atoms with van der Waals surface area (Å²) < 4.78 is 63.6. The lowest BCUT2D eigenvalue weighted by atomic mass is 10.2. The minimum Gasteiger partial charge on any atom is -0.398 e. The number of nitrogens with two attached hydrogens (primary N) is 1. The van der Waals surface area contributed by atoms with Crippen molar-refractivity contribution in [2.45, 2.75) is 10.6 Å². The number of sulfone groups is 1. The van der Waals surface area contributed by atoms with Crippen LogP contribution in [0.2, 0.25) is 0 Å². The summed E-state index contributed by atoms with van der Waals surface area (Å²) in [6, 6.07) is 5.32. The third kappa shape index (κ3) is 2.93. The van der Waals surface area contributed by atoms with E-state index in [0.717, 1.165) is 36.4 Å². The van der Waals surface area contributed by atoms with Crippen molar-refractivity contribution in [2.24, 2.45) is 0 Å². The molecule has 0 saturated carbocycles. The first-order valence-electron chi connectivity index (χ1n) is 5.51. The van der Waals surface area contributed by atoms with Crippen LogP contribution in [-0.4, -0.2) is 8.42 Å². The summed E-state index contributed by atoms with van der Waals surface area (Å²) in [6.07, 6.45) is 0. The van der Waals surface area contributed by atoms with Gasteiger partial charge in [-0.3, -0.25) is 0 Å². The zero-order valence-corrected chi connectivity index (χ0v) is 10.9. The molecule has 0 radical (unpaired) electrons. The van der Waals surface area contributed by atoms with E-state index in [-0.39, 0.29) is 16.1 Å². The number of hydrogen-bond donors (Lipinski definition) is 1. The first-order chi connectivity index (χ1) is 9.29. The summed E-state index contributed by atoms with van der Waals surface area (Å²) in [5, 5.41) is 0. The molecule has 0 aromatic heterocycles. The molecule has 2 rings (SSSR count). The summed E-state index contributed by atoms with van der Waals surface area (Å²) in [5.41, 5.74) is 4.85. The zero-order valence-electron chi connectivity index (χ0n) is 10.1. The Labute approximate surface area is 113 Å². The highest BCUT2D eigenvalue weighted by atomic mass is 32.2. The SMILES string of the molecule is Nc1cc(F)ccc1S(=O)(=O)Cc1cc(F)ccc1F. The second-order valence-electron chi connectivity index (χ2n) is 4.18. The summed E-state index contributed by atoms with van der Waals surface area (Å²) in [5.74, 6) is -3.02. The molecule has 0 bridgehead atoms. The van der Waals surface area contributed by atoms with Crippen molar-refractivity contribution in [2.75, 3.05) is 5.73 Å². The quantitative estimate of drug-likeness (QED) is 0.700. The van der Waals surface area contributed by atoms with Crippen molar-refractivity contribution < 1.29 is 21.6 Å². The fourth-order valence-electron chi connectivity index (χ4n) is 1.74. The average molecular weight is 301 g/mol. The van der Waals surface area contributed by atoms with E-state index in [1.165, 1.54) is 0 Å². The fraction of sp³-hybridized carbons (Fsp3) is 0.0769. The van der Waals surface area contributed by atoms with Crippen LogP contribution in [0.1, 0.15) is 5.56 Å². The van der Waals surface area contributed by atoms with Gasteiger partial charge in [0.15, 0.2) is 9.84 Å². The second-order valence-corrected chi connectivity index (χ2v) is 6.13. The Hall–Kier alpha value is -2.02. The van der Waals surface area contributed by atoms with Gasteiger partial charge in [-0.15, -0.1) is 0 Å². The lowest BCUT2D eigenvalue weighted by Crippen LogP contribution is -2.09. The van der Waals surface area contributed by atoms with Crippen LogP contribution in [0.3, 0.4) is 0 Å². The van der Waals surface area contributed by atoms with E-state index in [4.69, 9.17) is 5.73 Å². The smallest absolute Gasteiger partial charge is 0.184 e. The van der Waals surface area contributed by atoms with Gasteiger partial charge in [-0.2, -0.15) is 0 Å². The standard InChI is InChI=1S/C13H10F3NO2S/c14-9-1-3-11(16)8(5-9)7-20(18,19)13-4-2-10(15)6-12(13)17/h1-6H,7,17H2. The van der Waals surface area contributed by atoms with E-state index in [2.05, 4.69) is 0 Å². The van der Waals surface area contributed by atoms with Crippen molar-refractivity contribution in [1.29, 1.82) is 0 Å². The molecule has 20 heavy (non-hydrogen) atoms. The highest BCUT2D eigenvalue weighted by Gasteiger charge is 2.21.